The van der Waals surface area contributed by atoms with Crippen molar-refractivity contribution in [3.63, 3.8) is 0 Å². The number of amides is 1. The fourth-order valence-corrected chi connectivity index (χ4v) is 7.75. The number of piperidine rings is 3. The van der Waals surface area contributed by atoms with Crippen molar-refractivity contribution in [1.82, 2.24) is 20.0 Å². The van der Waals surface area contributed by atoms with Crippen LogP contribution in [-0.4, -0.2) is 64.7 Å². The number of ether oxygens (including phenoxy) is 1. The Labute approximate surface area is 201 Å². The number of carbonyl (C=O) groups is 1. The highest BCUT2D eigenvalue weighted by Crippen LogP contribution is 2.45. The molecular weight excluding hydrogens is 424 g/mol. The molecule has 6 nitrogen and oxygen atoms in total. The number of methoxy groups -OCH3 is 1. The molecule has 2 bridgehead atoms. The Balaban J connectivity index is 1.21. The molecule has 34 heavy (non-hydrogen) atoms. The summed E-state index contributed by atoms with van der Waals surface area (Å²) >= 11 is 0. The maximum atomic E-state index is 14.0. The Bertz CT molecular complexity index is 1170. The Morgan fingerprint density at radius 1 is 1.15 bits per heavy atom. The van der Waals surface area contributed by atoms with Gasteiger partial charge in [0.1, 0.15) is 11.4 Å². The van der Waals surface area contributed by atoms with E-state index in [-0.39, 0.29) is 11.9 Å². The standard InChI is InChI=1S/C28H34N4O2/c1-34-21-8-10-22-17(15-21)7-9-23-25(22)29-30-26(23)28(33)32-12-4-5-18-13-19-14-20(27(18)32)16-31-11-3-2-6-24(19)31/h8,10,13,15,19-20,24,27H,2-7,9,11-12,14,16H2,1H3,(H,29,30)/t19-,20+,24+,27+/m0/s1. The first-order chi connectivity index (χ1) is 16.7. The van der Waals surface area contributed by atoms with Crippen LogP contribution < -0.4 is 4.74 Å². The second-order valence-corrected chi connectivity index (χ2v) is 11.0. The van der Waals surface area contributed by atoms with Gasteiger partial charge in [0.25, 0.3) is 5.91 Å². The van der Waals surface area contributed by atoms with E-state index in [9.17, 15) is 4.79 Å². The first kappa shape index (κ1) is 20.7. The number of hydrogen-bond donors (Lipinski definition) is 1. The van der Waals surface area contributed by atoms with Crippen LogP contribution in [0.2, 0.25) is 0 Å². The van der Waals surface area contributed by atoms with E-state index in [1.165, 1.54) is 43.4 Å². The van der Waals surface area contributed by atoms with Crippen molar-refractivity contribution in [2.75, 3.05) is 26.7 Å². The van der Waals surface area contributed by atoms with Gasteiger partial charge in [-0.05, 0) is 87.1 Å². The normalized spacial score (nSPS) is 29.9. The van der Waals surface area contributed by atoms with E-state index in [1.54, 1.807) is 7.11 Å². The second kappa shape index (κ2) is 7.98. The van der Waals surface area contributed by atoms with E-state index in [1.807, 2.05) is 6.07 Å². The number of likely N-dealkylation sites (tertiary alicyclic amines) is 1. The lowest BCUT2D eigenvalue weighted by Crippen LogP contribution is -2.60. The number of aromatic amines is 1. The van der Waals surface area contributed by atoms with Crippen LogP contribution in [0.4, 0.5) is 0 Å². The van der Waals surface area contributed by atoms with Gasteiger partial charge in [-0.2, -0.15) is 5.10 Å². The lowest BCUT2D eigenvalue weighted by molar-refractivity contribution is 0.00128. The van der Waals surface area contributed by atoms with E-state index >= 15 is 0 Å². The van der Waals surface area contributed by atoms with Crippen LogP contribution in [0.5, 0.6) is 5.75 Å². The minimum atomic E-state index is 0.153. The second-order valence-electron chi connectivity index (χ2n) is 11.0. The topological polar surface area (TPSA) is 61.5 Å². The molecule has 0 spiro atoms. The number of nitrogens with zero attached hydrogens (tertiary/aromatic N) is 3. The fraction of sp³-hybridized carbons (Fsp3) is 0.571. The summed E-state index contributed by atoms with van der Waals surface area (Å²) in [6, 6.07) is 7.18. The number of aryl methyl sites for hydroxylation is 1. The molecule has 1 N–H and O–H groups in total. The Hall–Kier alpha value is -2.60. The molecule has 4 heterocycles. The molecule has 1 aromatic carbocycles. The molecule has 3 aliphatic heterocycles. The van der Waals surface area contributed by atoms with Gasteiger partial charge in [-0.15, -0.1) is 0 Å². The zero-order valence-corrected chi connectivity index (χ0v) is 20.1. The lowest BCUT2D eigenvalue weighted by Gasteiger charge is -2.54. The summed E-state index contributed by atoms with van der Waals surface area (Å²) in [4.78, 5) is 19.0. The third kappa shape index (κ3) is 3.10. The lowest BCUT2D eigenvalue weighted by atomic mass is 9.68. The fourth-order valence-electron chi connectivity index (χ4n) is 7.75. The molecule has 1 amide bonds. The maximum absolute atomic E-state index is 14.0. The zero-order valence-electron chi connectivity index (χ0n) is 20.1. The van der Waals surface area contributed by atoms with Crippen LogP contribution in [0.3, 0.4) is 0 Å². The molecule has 2 aromatic rings. The monoisotopic (exact) mass is 458 g/mol. The van der Waals surface area contributed by atoms with Crippen molar-refractivity contribution in [3.05, 3.63) is 46.7 Å². The van der Waals surface area contributed by atoms with Crippen LogP contribution in [0, 0.1) is 11.8 Å². The molecule has 2 aliphatic carbocycles. The minimum Gasteiger partial charge on any atom is -0.497 e. The van der Waals surface area contributed by atoms with E-state index in [2.05, 4.69) is 38.2 Å². The Morgan fingerprint density at radius 2 is 2.09 bits per heavy atom. The highest BCUT2D eigenvalue weighted by molar-refractivity contribution is 5.96. The van der Waals surface area contributed by atoms with Crippen molar-refractivity contribution in [2.24, 2.45) is 11.8 Å². The summed E-state index contributed by atoms with van der Waals surface area (Å²) < 4.78 is 5.41. The van der Waals surface area contributed by atoms with E-state index in [0.717, 1.165) is 67.4 Å². The van der Waals surface area contributed by atoms with E-state index in [4.69, 9.17) is 4.74 Å². The van der Waals surface area contributed by atoms with Crippen LogP contribution in [-0.2, 0) is 12.8 Å². The number of carbonyl (C=O) groups excluding carboxylic acids is 1. The molecule has 1 aromatic heterocycles. The van der Waals surface area contributed by atoms with Crippen LogP contribution in [0.1, 0.15) is 60.1 Å². The first-order valence-corrected chi connectivity index (χ1v) is 13.2. The molecule has 4 atom stereocenters. The highest BCUT2D eigenvalue weighted by atomic mass is 16.5. The van der Waals surface area contributed by atoms with Gasteiger partial charge in [-0.3, -0.25) is 14.8 Å². The SMILES string of the molecule is COc1ccc2c(c1)CCc1c-2n[nH]c1C(=O)N1CCCC2=C[C@H]3C[C@H](CN4CCCC[C@H]34)[C@@H]21. The Kier molecular flexibility index (Phi) is 4.87. The largest absolute Gasteiger partial charge is 0.497 e. The van der Waals surface area contributed by atoms with Gasteiger partial charge in [0, 0.05) is 30.3 Å². The number of H-pyrrole nitrogens is 1. The third-order valence-corrected chi connectivity index (χ3v) is 9.21. The van der Waals surface area contributed by atoms with Crippen LogP contribution >= 0.6 is 0 Å². The zero-order chi connectivity index (χ0) is 22.8. The maximum Gasteiger partial charge on any atom is 0.272 e. The van der Waals surface area contributed by atoms with E-state index in [0.29, 0.717) is 17.5 Å². The van der Waals surface area contributed by atoms with Gasteiger partial charge >= 0.3 is 0 Å². The molecular formula is C28H34N4O2. The number of benzene rings is 1. The highest BCUT2D eigenvalue weighted by Gasteiger charge is 2.47. The minimum absolute atomic E-state index is 0.153. The number of rotatable bonds is 2. The number of aromatic nitrogens is 2. The van der Waals surface area contributed by atoms with Gasteiger partial charge in [0.2, 0.25) is 0 Å². The van der Waals surface area contributed by atoms with Gasteiger partial charge in [-0.1, -0.05) is 18.1 Å². The smallest absolute Gasteiger partial charge is 0.272 e. The third-order valence-electron chi connectivity index (χ3n) is 9.21. The molecule has 3 fully saturated rings. The molecule has 0 radical (unpaired) electrons. The molecule has 178 valence electrons. The number of fused-ring (bicyclic) bond motifs is 9. The van der Waals surface area contributed by atoms with Crippen molar-refractivity contribution in [2.45, 2.75) is 63.5 Å². The first-order valence-electron chi connectivity index (χ1n) is 13.2. The van der Waals surface area contributed by atoms with Gasteiger partial charge in [0.05, 0.1) is 18.8 Å². The van der Waals surface area contributed by atoms with Gasteiger partial charge < -0.3 is 9.64 Å². The summed E-state index contributed by atoms with van der Waals surface area (Å²) in [5.74, 6) is 2.28. The molecule has 6 heteroatoms. The average Bonchev–Trinajstić information content (AvgIpc) is 3.32. The van der Waals surface area contributed by atoms with Crippen molar-refractivity contribution < 1.29 is 9.53 Å². The van der Waals surface area contributed by atoms with Gasteiger partial charge in [0.15, 0.2) is 0 Å². The number of hydrogen-bond acceptors (Lipinski definition) is 4. The summed E-state index contributed by atoms with van der Waals surface area (Å²) in [6.45, 7) is 3.25. The summed E-state index contributed by atoms with van der Waals surface area (Å²) in [7, 11) is 1.70. The molecule has 5 aliphatic rings. The van der Waals surface area contributed by atoms with Crippen molar-refractivity contribution in [1.29, 1.82) is 0 Å². The van der Waals surface area contributed by atoms with Crippen molar-refractivity contribution in [3.8, 4) is 17.0 Å². The molecule has 0 saturated carbocycles. The summed E-state index contributed by atoms with van der Waals surface area (Å²) in [6.07, 6.45) is 11.9. The van der Waals surface area contributed by atoms with Crippen LogP contribution in [0.25, 0.3) is 11.3 Å². The van der Waals surface area contributed by atoms with Gasteiger partial charge in [-0.25, -0.2) is 0 Å². The van der Waals surface area contributed by atoms with E-state index < -0.39 is 0 Å². The quantitative estimate of drug-likeness (QED) is 0.685. The predicted molar refractivity (Wildman–Crippen MR) is 131 cm³/mol. The summed E-state index contributed by atoms with van der Waals surface area (Å²) in [5, 5.41) is 7.83. The van der Waals surface area contributed by atoms with Crippen LogP contribution in [0.15, 0.2) is 29.8 Å². The summed E-state index contributed by atoms with van der Waals surface area (Å²) in [5.41, 5.74) is 6.66. The average molecular weight is 459 g/mol. The molecule has 3 saturated heterocycles. The molecule has 7 rings (SSSR count). The van der Waals surface area contributed by atoms with Crippen molar-refractivity contribution >= 4 is 5.91 Å². The predicted octanol–water partition coefficient (Wildman–Crippen LogP) is 4.22. The number of nitrogens with one attached hydrogen (secondary N) is 1. The molecule has 0 unspecified atom stereocenters. The Morgan fingerprint density at radius 3 is 3.00 bits per heavy atom.